The van der Waals surface area contributed by atoms with Gasteiger partial charge in [0.1, 0.15) is 18.4 Å². The van der Waals surface area contributed by atoms with E-state index in [1.165, 1.54) is 38.5 Å². The van der Waals surface area contributed by atoms with Crippen LogP contribution >= 0.6 is 0 Å². The summed E-state index contributed by atoms with van der Waals surface area (Å²) in [6.07, 6.45) is 13.0. The Morgan fingerprint density at radius 3 is 2.41 bits per heavy atom. The molecular weight excluding hydrogens is 556 g/mol. The van der Waals surface area contributed by atoms with E-state index in [0.717, 1.165) is 36.9 Å². The highest BCUT2D eigenvalue weighted by molar-refractivity contribution is 6.00. The van der Waals surface area contributed by atoms with Crippen molar-refractivity contribution in [3.8, 4) is 5.75 Å². The fraction of sp³-hybridized carbons (Fsp3) is 0.714. The summed E-state index contributed by atoms with van der Waals surface area (Å²) in [7, 11) is 1.93. The molecule has 0 radical (unpaired) electrons. The normalized spacial score (nSPS) is 18.6. The van der Waals surface area contributed by atoms with E-state index in [2.05, 4.69) is 5.32 Å². The number of nitrogens with zero attached hydrogens (tertiary/aromatic N) is 3. The maximum Gasteiger partial charge on any atom is 0.325 e. The van der Waals surface area contributed by atoms with Gasteiger partial charge in [0, 0.05) is 38.0 Å². The third-order valence-electron chi connectivity index (χ3n) is 9.56. The lowest BCUT2D eigenvalue weighted by Gasteiger charge is -2.32. The molecule has 0 bridgehead atoms. The molecule has 44 heavy (non-hydrogen) atoms. The van der Waals surface area contributed by atoms with Crippen LogP contribution < -0.4 is 10.1 Å². The predicted octanol–water partition coefficient (Wildman–Crippen LogP) is 6.50. The number of benzene rings is 1. The molecule has 0 spiro atoms. The summed E-state index contributed by atoms with van der Waals surface area (Å²) in [6.45, 7) is 8.81. The summed E-state index contributed by atoms with van der Waals surface area (Å²) >= 11 is 0. The van der Waals surface area contributed by atoms with E-state index in [4.69, 9.17) is 14.5 Å². The molecule has 4 rings (SSSR count). The minimum Gasteiger partial charge on any atom is -0.494 e. The van der Waals surface area contributed by atoms with Crippen molar-refractivity contribution in [1.29, 1.82) is 0 Å². The summed E-state index contributed by atoms with van der Waals surface area (Å²) in [4.78, 5) is 47.2. The molecule has 1 unspecified atom stereocenters. The van der Waals surface area contributed by atoms with Crippen LogP contribution in [-0.4, -0.2) is 65.9 Å². The van der Waals surface area contributed by atoms with Crippen LogP contribution in [0.4, 0.5) is 5.69 Å². The van der Waals surface area contributed by atoms with Gasteiger partial charge in [0.15, 0.2) is 0 Å². The Balaban J connectivity index is 1.37. The molecule has 9 nitrogen and oxygen atoms in total. The van der Waals surface area contributed by atoms with Gasteiger partial charge in [-0.15, -0.1) is 0 Å². The Kier molecular flexibility index (Phi) is 12.1. The van der Waals surface area contributed by atoms with Crippen molar-refractivity contribution in [2.45, 2.75) is 130 Å². The van der Waals surface area contributed by atoms with Gasteiger partial charge in [-0.05, 0) is 68.6 Å². The number of hydrogen-bond donors (Lipinski definition) is 1. The van der Waals surface area contributed by atoms with Crippen LogP contribution in [0.5, 0.6) is 5.75 Å². The van der Waals surface area contributed by atoms with E-state index in [0.29, 0.717) is 56.1 Å². The second-order valence-electron chi connectivity index (χ2n) is 14.1. The second-order valence-corrected chi connectivity index (χ2v) is 14.1. The Labute approximate surface area is 264 Å². The average Bonchev–Trinajstić information content (AvgIpc) is 2.99. The number of amides is 2. The number of fused-ring (bicyclic) bond motifs is 1. The van der Waals surface area contributed by atoms with Gasteiger partial charge in [-0.25, -0.2) is 4.99 Å². The van der Waals surface area contributed by atoms with Gasteiger partial charge in [-0.2, -0.15) is 0 Å². The highest BCUT2D eigenvalue weighted by atomic mass is 16.5. The first-order chi connectivity index (χ1) is 21.0. The number of guanidine groups is 1. The van der Waals surface area contributed by atoms with E-state index in [9.17, 15) is 14.4 Å². The molecule has 1 heterocycles. The number of ether oxygens (including phenoxy) is 2. The molecular formula is C35H54N4O5. The topological polar surface area (TPSA) is 101 Å². The summed E-state index contributed by atoms with van der Waals surface area (Å²) < 4.78 is 11.8. The molecule has 2 fully saturated rings. The van der Waals surface area contributed by atoms with Crippen molar-refractivity contribution in [2.75, 3.05) is 20.2 Å². The van der Waals surface area contributed by atoms with Crippen LogP contribution in [0.2, 0.25) is 0 Å². The Morgan fingerprint density at radius 1 is 1.05 bits per heavy atom. The van der Waals surface area contributed by atoms with E-state index >= 15 is 0 Å². The van der Waals surface area contributed by atoms with Crippen LogP contribution in [-0.2, 0) is 25.7 Å². The quantitative estimate of drug-likeness (QED) is 0.227. The second kappa shape index (κ2) is 15.8. The number of carbonyl (C=O) groups excluding carboxylic acids is 3. The lowest BCUT2D eigenvalue weighted by Crippen LogP contribution is -2.48. The van der Waals surface area contributed by atoms with Gasteiger partial charge in [0.25, 0.3) is 0 Å². The molecule has 1 aromatic rings. The van der Waals surface area contributed by atoms with Crippen molar-refractivity contribution < 1.29 is 23.9 Å². The SMILES string of the molecule is CC(OC(=O)CN1Cc2cc(OCCCC(=O)N(C)C3CCCCC3)ccc2N=C1NC(=O)CC1CCCCC1)C(C)(C)C. The number of rotatable bonds is 11. The number of hydrogen-bond acceptors (Lipinski definition) is 7. The van der Waals surface area contributed by atoms with Gasteiger partial charge >= 0.3 is 5.97 Å². The highest BCUT2D eigenvalue weighted by Gasteiger charge is 2.29. The summed E-state index contributed by atoms with van der Waals surface area (Å²) in [5.41, 5.74) is 1.46. The van der Waals surface area contributed by atoms with Crippen molar-refractivity contribution in [3.05, 3.63) is 23.8 Å². The number of esters is 1. The molecule has 0 saturated heterocycles. The smallest absolute Gasteiger partial charge is 0.325 e. The van der Waals surface area contributed by atoms with Crippen LogP contribution in [0, 0.1) is 11.3 Å². The molecule has 2 aliphatic carbocycles. The van der Waals surface area contributed by atoms with Crippen molar-refractivity contribution in [1.82, 2.24) is 15.1 Å². The van der Waals surface area contributed by atoms with Crippen LogP contribution in [0.25, 0.3) is 0 Å². The molecule has 3 aliphatic rings. The first kappa shape index (κ1) is 33.8. The van der Waals surface area contributed by atoms with Crippen molar-refractivity contribution >= 4 is 29.4 Å². The minimum atomic E-state index is -0.361. The molecule has 0 aromatic heterocycles. The largest absolute Gasteiger partial charge is 0.494 e. The summed E-state index contributed by atoms with van der Waals surface area (Å²) in [5.74, 6) is 1.23. The molecule has 2 saturated carbocycles. The van der Waals surface area contributed by atoms with Gasteiger partial charge in [-0.1, -0.05) is 59.3 Å². The Morgan fingerprint density at radius 2 is 1.73 bits per heavy atom. The third kappa shape index (κ3) is 9.96. The standard InChI is InChI=1S/C35H54N4O5/c1-25(35(2,3)4)44-33(42)24-39-23-27-22-29(43-20-12-17-32(41)38(5)28-15-10-7-11-16-28)18-19-30(27)36-34(39)37-31(40)21-26-13-8-6-9-14-26/h18-19,22,25-26,28H,6-17,20-21,23-24H2,1-5H3,(H,36,37,40). The zero-order valence-corrected chi connectivity index (χ0v) is 27.7. The number of carbonyl (C=O) groups is 3. The zero-order valence-electron chi connectivity index (χ0n) is 27.7. The lowest BCUT2D eigenvalue weighted by molar-refractivity contribution is -0.153. The maximum atomic E-state index is 13.0. The average molecular weight is 611 g/mol. The van der Waals surface area contributed by atoms with Gasteiger partial charge in [0.05, 0.1) is 12.3 Å². The first-order valence-corrected chi connectivity index (χ1v) is 16.8. The third-order valence-corrected chi connectivity index (χ3v) is 9.56. The summed E-state index contributed by atoms with van der Waals surface area (Å²) in [6, 6.07) is 6.06. The van der Waals surface area contributed by atoms with Crippen molar-refractivity contribution in [2.24, 2.45) is 16.3 Å². The fourth-order valence-electron chi connectivity index (χ4n) is 6.25. The number of nitrogens with one attached hydrogen (secondary N) is 1. The van der Waals surface area contributed by atoms with Crippen LogP contribution in [0.15, 0.2) is 23.2 Å². The number of aliphatic imine (C=N–C) groups is 1. The van der Waals surface area contributed by atoms with Gasteiger partial charge in [0.2, 0.25) is 17.8 Å². The van der Waals surface area contributed by atoms with Crippen LogP contribution in [0.1, 0.15) is 117 Å². The molecule has 9 heteroatoms. The van der Waals surface area contributed by atoms with E-state index in [1.54, 1.807) is 4.90 Å². The highest BCUT2D eigenvalue weighted by Crippen LogP contribution is 2.31. The van der Waals surface area contributed by atoms with E-state index in [1.807, 2.05) is 57.8 Å². The zero-order chi connectivity index (χ0) is 31.7. The van der Waals surface area contributed by atoms with Crippen molar-refractivity contribution in [3.63, 3.8) is 0 Å². The minimum absolute atomic E-state index is 0.0237. The maximum absolute atomic E-state index is 13.0. The summed E-state index contributed by atoms with van der Waals surface area (Å²) in [5, 5.41) is 3.01. The lowest BCUT2D eigenvalue weighted by atomic mass is 9.87. The molecule has 1 aliphatic heterocycles. The monoisotopic (exact) mass is 610 g/mol. The fourth-order valence-corrected chi connectivity index (χ4v) is 6.25. The van der Waals surface area contributed by atoms with Gasteiger partial charge < -0.3 is 19.3 Å². The van der Waals surface area contributed by atoms with Crippen LogP contribution in [0.3, 0.4) is 0 Å². The molecule has 244 valence electrons. The molecule has 1 atom stereocenters. The molecule has 1 N–H and O–H groups in total. The molecule has 2 amide bonds. The predicted molar refractivity (Wildman–Crippen MR) is 173 cm³/mol. The molecule has 1 aromatic carbocycles. The van der Waals surface area contributed by atoms with E-state index in [-0.39, 0.29) is 35.8 Å². The Hall–Kier alpha value is -3.10. The van der Waals surface area contributed by atoms with Gasteiger partial charge in [-0.3, -0.25) is 19.7 Å². The van der Waals surface area contributed by atoms with E-state index < -0.39 is 0 Å². The first-order valence-electron chi connectivity index (χ1n) is 16.8. The Bertz CT molecular complexity index is 1160.